The monoisotopic (exact) mass is 683 g/mol. The first-order valence-electron chi connectivity index (χ1n) is 16.7. The molecule has 260 valence electrons. The summed E-state index contributed by atoms with van der Waals surface area (Å²) in [5.41, 5.74) is 6.15. The van der Waals surface area contributed by atoms with Gasteiger partial charge in [0.05, 0.1) is 23.7 Å². The summed E-state index contributed by atoms with van der Waals surface area (Å²) in [4.78, 5) is 26.4. The maximum absolute atomic E-state index is 16.9. The lowest BCUT2D eigenvalue weighted by atomic mass is 9.88. The van der Waals surface area contributed by atoms with E-state index in [4.69, 9.17) is 41.3 Å². The molecule has 1 amide bonds. The number of ether oxygens (including phenoxy) is 4. The molecular weight excluding hydrogens is 637 g/mol. The molecule has 10 nitrogen and oxygen atoms in total. The number of aromatic nitrogens is 2. The average molecular weight is 684 g/mol. The van der Waals surface area contributed by atoms with Crippen molar-refractivity contribution >= 4 is 40.0 Å². The summed E-state index contributed by atoms with van der Waals surface area (Å²) in [5, 5.41) is 0.714. The second-order valence-electron chi connectivity index (χ2n) is 13.3. The van der Waals surface area contributed by atoms with Crippen LogP contribution in [0.4, 0.5) is 15.0 Å². The van der Waals surface area contributed by atoms with Gasteiger partial charge in [-0.05, 0) is 83.2 Å². The molecule has 2 fully saturated rings. The van der Waals surface area contributed by atoms with Crippen molar-refractivity contribution in [3.63, 3.8) is 0 Å². The van der Waals surface area contributed by atoms with Gasteiger partial charge in [0.15, 0.2) is 12.6 Å². The van der Waals surface area contributed by atoms with Crippen LogP contribution in [0.25, 0.3) is 16.5 Å². The third-order valence-corrected chi connectivity index (χ3v) is 8.76. The van der Waals surface area contributed by atoms with Crippen LogP contribution in [-0.4, -0.2) is 78.8 Å². The molecule has 0 radical (unpaired) electrons. The largest absolute Gasteiger partial charge is 0.468 e. The smallest absolute Gasteiger partial charge is 0.410 e. The van der Waals surface area contributed by atoms with Gasteiger partial charge in [0.2, 0.25) is 0 Å². The molecule has 3 unspecified atom stereocenters. The number of rotatable bonds is 12. The van der Waals surface area contributed by atoms with Crippen molar-refractivity contribution in [2.75, 3.05) is 45.0 Å². The first kappa shape index (κ1) is 35.6. The molecule has 0 saturated carbocycles. The molecule has 0 spiro atoms. The zero-order valence-corrected chi connectivity index (χ0v) is 29.3. The third-order valence-electron chi connectivity index (χ3n) is 8.46. The first-order valence-corrected chi connectivity index (χ1v) is 17.1. The number of benzene rings is 1. The number of allylic oxidation sites excluding steroid dienone is 7. The number of methoxy groups -OCH3 is 1. The van der Waals surface area contributed by atoms with Crippen LogP contribution in [-0.2, 0) is 14.2 Å². The topological polar surface area (TPSA) is 112 Å². The van der Waals surface area contributed by atoms with E-state index in [2.05, 4.69) is 29.0 Å². The minimum atomic E-state index is -0.596. The minimum Gasteiger partial charge on any atom is -0.468 e. The van der Waals surface area contributed by atoms with Gasteiger partial charge < -0.3 is 29.6 Å². The zero-order chi connectivity index (χ0) is 34.4. The number of carbonyl (C=O) groups is 1. The summed E-state index contributed by atoms with van der Waals surface area (Å²) in [7, 11) is 1.55. The lowest BCUT2D eigenvalue weighted by Gasteiger charge is -2.42. The summed E-state index contributed by atoms with van der Waals surface area (Å²) < 4.78 is 39.4. The van der Waals surface area contributed by atoms with E-state index in [0.29, 0.717) is 55.0 Å². The number of anilines is 1. The molecule has 3 heterocycles. The van der Waals surface area contributed by atoms with Gasteiger partial charge in [-0.2, -0.15) is 9.97 Å². The molecule has 2 bridgehead atoms. The van der Waals surface area contributed by atoms with Crippen LogP contribution < -0.4 is 15.4 Å². The Kier molecular flexibility index (Phi) is 11.7. The average Bonchev–Trinajstić information content (AvgIpc) is 3.31. The molecule has 5 rings (SSSR count). The Morgan fingerprint density at radius 3 is 2.58 bits per heavy atom. The summed E-state index contributed by atoms with van der Waals surface area (Å²) in [6.45, 7) is 9.45. The van der Waals surface area contributed by atoms with Crippen molar-refractivity contribution < 1.29 is 28.1 Å². The second-order valence-corrected chi connectivity index (χ2v) is 13.7. The summed E-state index contributed by atoms with van der Waals surface area (Å²) in [6, 6.07) is 1.64. The maximum Gasteiger partial charge on any atom is 0.410 e. The van der Waals surface area contributed by atoms with Crippen LogP contribution in [0.3, 0.4) is 0 Å². The molecule has 2 aliphatic heterocycles. The van der Waals surface area contributed by atoms with Gasteiger partial charge in [0.25, 0.3) is 0 Å². The van der Waals surface area contributed by atoms with E-state index < -0.39 is 11.4 Å². The number of nitrogens with two attached hydrogens (primary N) is 1. The van der Waals surface area contributed by atoms with Crippen molar-refractivity contribution in [2.24, 2.45) is 11.7 Å². The molecule has 2 saturated heterocycles. The van der Waals surface area contributed by atoms with Crippen molar-refractivity contribution in [3.05, 3.63) is 64.7 Å². The Morgan fingerprint density at radius 1 is 1.17 bits per heavy atom. The van der Waals surface area contributed by atoms with Crippen LogP contribution in [0.1, 0.15) is 65.4 Å². The quantitative estimate of drug-likeness (QED) is 0.141. The van der Waals surface area contributed by atoms with Crippen LogP contribution >= 0.6 is 11.6 Å². The van der Waals surface area contributed by atoms with Gasteiger partial charge in [-0.25, -0.2) is 9.18 Å². The normalized spacial score (nSPS) is 21.3. The van der Waals surface area contributed by atoms with Gasteiger partial charge in [-0.15, -0.1) is 0 Å². The Balaban J connectivity index is 1.54. The fraction of sp³-hybridized carbons (Fsp3) is 0.528. The lowest BCUT2D eigenvalue weighted by molar-refractivity contribution is 0.00925. The van der Waals surface area contributed by atoms with E-state index in [9.17, 15) is 4.79 Å². The molecule has 2 aromatic rings. The molecule has 3 atom stereocenters. The van der Waals surface area contributed by atoms with Crippen molar-refractivity contribution in [3.8, 4) is 6.01 Å². The predicted octanol–water partition coefficient (Wildman–Crippen LogP) is 7.17. The highest BCUT2D eigenvalue weighted by Crippen LogP contribution is 2.42. The van der Waals surface area contributed by atoms with E-state index in [1.807, 2.05) is 43.9 Å². The number of piperazine rings is 1. The number of halogens is 2. The number of fused-ring (bicyclic) bond motifs is 3. The van der Waals surface area contributed by atoms with Gasteiger partial charge >= 0.3 is 12.1 Å². The summed E-state index contributed by atoms with van der Waals surface area (Å²) in [5.74, 6) is 0.460. The Morgan fingerprint density at radius 2 is 1.92 bits per heavy atom. The fourth-order valence-corrected chi connectivity index (χ4v) is 6.75. The Labute approximate surface area is 287 Å². The number of hydrogen-bond acceptors (Lipinski definition) is 9. The van der Waals surface area contributed by atoms with E-state index in [1.165, 1.54) is 0 Å². The van der Waals surface area contributed by atoms with Crippen LogP contribution in [0.2, 0.25) is 5.02 Å². The molecule has 1 aromatic heterocycles. The van der Waals surface area contributed by atoms with E-state index >= 15 is 4.39 Å². The molecule has 48 heavy (non-hydrogen) atoms. The number of carbonyl (C=O) groups excluding carboxylic acids is 1. The molecule has 1 aliphatic carbocycles. The number of nitrogens with zero attached hydrogens (tertiary/aromatic N) is 4. The van der Waals surface area contributed by atoms with Crippen LogP contribution in [0.5, 0.6) is 6.01 Å². The summed E-state index contributed by atoms with van der Waals surface area (Å²) in [6.07, 6.45) is 15.3. The molecule has 12 heteroatoms. The molecule has 1 aromatic carbocycles. The van der Waals surface area contributed by atoms with Crippen LogP contribution in [0, 0.1) is 11.7 Å². The van der Waals surface area contributed by atoms with Gasteiger partial charge in [0, 0.05) is 37.1 Å². The predicted molar refractivity (Wildman–Crippen MR) is 186 cm³/mol. The third kappa shape index (κ3) is 8.30. The van der Waals surface area contributed by atoms with Crippen molar-refractivity contribution in [2.45, 2.75) is 77.5 Å². The van der Waals surface area contributed by atoms with E-state index in [-0.39, 0.29) is 59.6 Å². The SMILES string of the molecule is CC/C=C\C=C/C1C=C(OCOC)C=C(c2c(Cl)cc3c(N4CC5CCC(C4)N5C(=O)OC(C)(C)C)nc(OCCCN)nc3c2F)C1. The van der Waals surface area contributed by atoms with Crippen molar-refractivity contribution in [1.29, 1.82) is 0 Å². The number of hydrogen-bond donors (Lipinski definition) is 1. The highest BCUT2D eigenvalue weighted by molar-refractivity contribution is 6.33. The molecule has 2 N–H and O–H groups in total. The van der Waals surface area contributed by atoms with Crippen molar-refractivity contribution in [1.82, 2.24) is 14.9 Å². The fourth-order valence-electron chi connectivity index (χ4n) is 6.43. The number of amides is 1. The standard InChI is InChI=1S/C36H47ClFN5O5/c1-6-7-8-9-11-23-16-24(18-27(17-23)47-22-45-5)30-29(37)19-28-32(31(30)38)40-34(46-15-10-14-39)41-33(28)42-20-25-12-13-26(21-42)43(25)35(44)48-36(2,3)4/h7-9,11,17-19,23,25-26H,6,10,12-16,20-22,39H2,1-5H3/b8-7-,11-9-. The van der Waals surface area contributed by atoms with E-state index in [1.54, 1.807) is 19.3 Å². The Bertz CT molecular complexity index is 1590. The van der Waals surface area contributed by atoms with Gasteiger partial charge in [-0.1, -0.05) is 42.8 Å². The maximum atomic E-state index is 16.9. The lowest BCUT2D eigenvalue weighted by Crippen LogP contribution is -2.57. The van der Waals surface area contributed by atoms with E-state index in [0.717, 1.165) is 19.3 Å². The summed E-state index contributed by atoms with van der Waals surface area (Å²) >= 11 is 6.95. The first-order chi connectivity index (χ1) is 23.0. The highest BCUT2D eigenvalue weighted by atomic mass is 35.5. The second kappa shape index (κ2) is 15.7. The molecule has 3 aliphatic rings. The minimum absolute atomic E-state index is 0.0545. The molecular formula is C36H47ClFN5O5. The van der Waals surface area contributed by atoms with Gasteiger partial charge in [0.1, 0.15) is 22.7 Å². The highest BCUT2D eigenvalue weighted by Gasteiger charge is 2.45. The van der Waals surface area contributed by atoms with Crippen LogP contribution in [0.15, 0.2) is 48.3 Å². The zero-order valence-electron chi connectivity index (χ0n) is 28.5. The van der Waals surface area contributed by atoms with Gasteiger partial charge in [-0.3, -0.25) is 4.90 Å². The Hall–Kier alpha value is -3.67.